The van der Waals surface area contributed by atoms with Gasteiger partial charge in [0.05, 0.1) is 6.07 Å². The number of carbonyl (C=O) groups excluding carboxylic acids is 3. The van der Waals surface area contributed by atoms with Gasteiger partial charge < -0.3 is 20.3 Å². The van der Waals surface area contributed by atoms with E-state index in [1.807, 2.05) is 20.8 Å². The van der Waals surface area contributed by atoms with E-state index in [1.54, 1.807) is 56.5 Å². The number of hydrogen-bond donors (Lipinski definition) is 2. The molecule has 1 aliphatic heterocycles. The topological polar surface area (TPSA) is 137 Å². The SMILES string of the molecule is CC(C)(C)OC(=O)N[C@H](C(=O)N1C[C@H]2[C@@H]([C@H]1C(=O)NC(C#N)c1cncc3ccncc13)C2(C)C)C(C)(C)C. The Hall–Kier alpha value is -3.74. The second-order valence-electron chi connectivity index (χ2n) is 13.2. The molecule has 2 aliphatic rings. The largest absolute Gasteiger partial charge is 0.444 e. The van der Waals surface area contributed by atoms with Crippen LogP contribution in [0.5, 0.6) is 0 Å². The van der Waals surface area contributed by atoms with E-state index in [9.17, 15) is 19.6 Å². The summed E-state index contributed by atoms with van der Waals surface area (Å²) < 4.78 is 5.42. The third kappa shape index (κ3) is 5.54. The molecular formula is C29H38N6O4. The first-order valence-corrected chi connectivity index (χ1v) is 13.2. The monoisotopic (exact) mass is 534 g/mol. The standard InChI is InChI=1S/C29H38N6O4/c1-27(2,3)23(34-26(38)39-28(4,5)6)25(37)35-15-19-21(29(19,7)8)22(35)24(36)33-20(11-30)18-14-32-12-16-9-10-31-13-17(16)18/h9-10,12-14,19-23H,15H2,1-8H3,(H,33,36)(H,34,38)/t19-,20?,21-,22-,23+/m0/s1. The molecule has 1 aliphatic carbocycles. The molecule has 3 amide bonds. The number of nitrogens with zero attached hydrogens (tertiary/aromatic N) is 4. The van der Waals surface area contributed by atoms with Crippen molar-refractivity contribution in [3.63, 3.8) is 0 Å². The van der Waals surface area contributed by atoms with Crippen molar-refractivity contribution in [3.05, 3.63) is 36.4 Å². The zero-order valence-corrected chi connectivity index (χ0v) is 23.9. The molecule has 1 unspecified atom stereocenters. The number of alkyl carbamates (subject to hydrolysis) is 1. The van der Waals surface area contributed by atoms with Gasteiger partial charge in [-0.2, -0.15) is 5.26 Å². The molecule has 10 nitrogen and oxygen atoms in total. The summed E-state index contributed by atoms with van der Waals surface area (Å²) in [6.45, 7) is 15.4. The lowest BCUT2D eigenvalue weighted by Gasteiger charge is -2.38. The fraction of sp³-hybridized carbons (Fsp3) is 0.586. The number of fused-ring (bicyclic) bond motifs is 2. The number of amides is 3. The van der Waals surface area contributed by atoms with Crippen LogP contribution < -0.4 is 10.6 Å². The summed E-state index contributed by atoms with van der Waals surface area (Å²) in [6, 6.07) is 1.30. The Morgan fingerprint density at radius 3 is 2.41 bits per heavy atom. The van der Waals surface area contributed by atoms with Crippen molar-refractivity contribution < 1.29 is 19.1 Å². The van der Waals surface area contributed by atoms with Gasteiger partial charge in [0.25, 0.3) is 0 Å². The van der Waals surface area contributed by atoms with Crippen molar-refractivity contribution in [2.45, 2.75) is 79.1 Å². The van der Waals surface area contributed by atoms with Crippen LogP contribution in [0.1, 0.15) is 67.0 Å². The Labute approximate surface area is 229 Å². The van der Waals surface area contributed by atoms with Crippen molar-refractivity contribution in [3.8, 4) is 6.07 Å². The first-order chi connectivity index (χ1) is 18.1. The fourth-order valence-corrected chi connectivity index (χ4v) is 5.72. The molecule has 0 aromatic carbocycles. The molecule has 10 heteroatoms. The van der Waals surface area contributed by atoms with Gasteiger partial charge in [-0.3, -0.25) is 19.6 Å². The Morgan fingerprint density at radius 1 is 1.10 bits per heavy atom. The molecule has 2 fully saturated rings. The molecule has 1 saturated heterocycles. The van der Waals surface area contributed by atoms with Gasteiger partial charge in [0, 0.05) is 47.7 Å². The van der Waals surface area contributed by atoms with Crippen LogP contribution in [-0.2, 0) is 14.3 Å². The number of likely N-dealkylation sites (tertiary alicyclic amines) is 1. The van der Waals surface area contributed by atoms with Crippen molar-refractivity contribution in [2.75, 3.05) is 6.54 Å². The number of nitriles is 1. The minimum atomic E-state index is -0.978. The average Bonchev–Trinajstić information content (AvgIpc) is 3.15. The van der Waals surface area contributed by atoms with E-state index in [1.165, 1.54) is 0 Å². The number of hydrogen-bond acceptors (Lipinski definition) is 7. The zero-order valence-electron chi connectivity index (χ0n) is 23.9. The fourth-order valence-electron chi connectivity index (χ4n) is 5.72. The molecule has 2 N–H and O–H groups in total. The first kappa shape index (κ1) is 28.3. The van der Waals surface area contributed by atoms with Crippen molar-refractivity contribution >= 4 is 28.7 Å². The van der Waals surface area contributed by atoms with Crippen molar-refractivity contribution in [1.82, 2.24) is 25.5 Å². The summed E-state index contributed by atoms with van der Waals surface area (Å²) in [4.78, 5) is 50.4. The number of carbonyl (C=O) groups is 3. The lowest BCUT2D eigenvalue weighted by Crippen LogP contribution is -2.59. The molecular weight excluding hydrogens is 496 g/mol. The minimum Gasteiger partial charge on any atom is -0.444 e. The number of piperidine rings is 1. The molecule has 3 heterocycles. The van der Waals surface area contributed by atoms with Crippen LogP contribution in [-0.4, -0.2) is 57.0 Å². The van der Waals surface area contributed by atoms with Gasteiger partial charge >= 0.3 is 6.09 Å². The van der Waals surface area contributed by atoms with Crippen LogP contribution in [0.25, 0.3) is 10.8 Å². The van der Waals surface area contributed by atoms with Crippen LogP contribution in [0.2, 0.25) is 0 Å². The third-order valence-corrected chi connectivity index (χ3v) is 7.85. The van der Waals surface area contributed by atoms with Gasteiger partial charge in [-0.05, 0) is 49.5 Å². The van der Waals surface area contributed by atoms with E-state index in [2.05, 4.69) is 40.5 Å². The van der Waals surface area contributed by atoms with E-state index < -0.39 is 41.1 Å². The van der Waals surface area contributed by atoms with E-state index in [0.717, 1.165) is 10.8 Å². The lowest BCUT2D eigenvalue weighted by molar-refractivity contribution is -0.144. The summed E-state index contributed by atoms with van der Waals surface area (Å²) in [5, 5.41) is 17.2. The summed E-state index contributed by atoms with van der Waals surface area (Å²) in [6.07, 6.45) is 5.82. The predicted octanol–water partition coefficient (Wildman–Crippen LogP) is 3.73. The van der Waals surface area contributed by atoms with Gasteiger partial charge in [0.15, 0.2) is 0 Å². The van der Waals surface area contributed by atoms with Crippen LogP contribution in [0.15, 0.2) is 30.9 Å². The molecule has 2 aromatic heterocycles. The smallest absolute Gasteiger partial charge is 0.408 e. The van der Waals surface area contributed by atoms with Gasteiger partial charge in [0.2, 0.25) is 11.8 Å². The van der Waals surface area contributed by atoms with E-state index >= 15 is 0 Å². The number of ether oxygens (including phenoxy) is 1. The molecule has 0 radical (unpaired) electrons. The third-order valence-electron chi connectivity index (χ3n) is 7.85. The van der Waals surface area contributed by atoms with Crippen LogP contribution >= 0.6 is 0 Å². The van der Waals surface area contributed by atoms with Gasteiger partial charge in [-0.25, -0.2) is 4.79 Å². The van der Waals surface area contributed by atoms with Gasteiger partial charge in [-0.1, -0.05) is 34.6 Å². The Kier molecular flexibility index (Phi) is 7.09. The van der Waals surface area contributed by atoms with E-state index in [0.29, 0.717) is 12.1 Å². The van der Waals surface area contributed by atoms with E-state index in [4.69, 9.17) is 4.74 Å². The normalized spacial score (nSPS) is 23.3. The predicted molar refractivity (Wildman–Crippen MR) is 145 cm³/mol. The number of nitrogens with one attached hydrogen (secondary N) is 2. The molecule has 39 heavy (non-hydrogen) atoms. The molecule has 0 bridgehead atoms. The lowest BCUT2D eigenvalue weighted by atomic mass is 9.85. The van der Waals surface area contributed by atoms with Crippen molar-refractivity contribution in [1.29, 1.82) is 5.26 Å². The van der Waals surface area contributed by atoms with Crippen LogP contribution in [0.3, 0.4) is 0 Å². The van der Waals surface area contributed by atoms with Crippen LogP contribution in [0, 0.1) is 34.0 Å². The number of pyridine rings is 2. The van der Waals surface area contributed by atoms with Crippen molar-refractivity contribution in [2.24, 2.45) is 22.7 Å². The molecule has 5 atom stereocenters. The maximum absolute atomic E-state index is 14.0. The second-order valence-corrected chi connectivity index (χ2v) is 13.2. The molecule has 0 spiro atoms. The van der Waals surface area contributed by atoms with Gasteiger partial charge in [-0.15, -0.1) is 0 Å². The highest BCUT2D eigenvalue weighted by atomic mass is 16.6. The first-order valence-electron chi connectivity index (χ1n) is 13.2. The zero-order chi connectivity index (χ0) is 28.9. The maximum Gasteiger partial charge on any atom is 0.408 e. The summed E-state index contributed by atoms with van der Waals surface area (Å²) >= 11 is 0. The Balaban J connectivity index is 1.61. The molecule has 1 saturated carbocycles. The molecule has 4 rings (SSSR count). The Morgan fingerprint density at radius 2 is 1.79 bits per heavy atom. The second kappa shape index (κ2) is 9.78. The highest BCUT2D eigenvalue weighted by Gasteiger charge is 2.69. The summed E-state index contributed by atoms with van der Waals surface area (Å²) in [5.41, 5.74) is -0.955. The number of rotatable bonds is 5. The highest BCUT2D eigenvalue weighted by molar-refractivity contribution is 5.94. The quantitative estimate of drug-likeness (QED) is 0.596. The summed E-state index contributed by atoms with van der Waals surface area (Å²) in [7, 11) is 0. The Bertz CT molecular complexity index is 1330. The molecule has 2 aromatic rings. The average molecular weight is 535 g/mol. The highest BCUT2D eigenvalue weighted by Crippen LogP contribution is 2.65. The number of aromatic nitrogens is 2. The molecule has 208 valence electrons. The maximum atomic E-state index is 14.0. The summed E-state index contributed by atoms with van der Waals surface area (Å²) in [5.74, 6) is -0.668. The van der Waals surface area contributed by atoms with Crippen LogP contribution in [0.4, 0.5) is 4.79 Å². The minimum absolute atomic E-state index is 0.0600. The van der Waals surface area contributed by atoms with Gasteiger partial charge in [0.1, 0.15) is 23.7 Å². The van der Waals surface area contributed by atoms with E-state index in [-0.39, 0.29) is 23.2 Å².